The minimum atomic E-state index is 0.429. The van der Waals surface area contributed by atoms with Crippen LogP contribution in [0.1, 0.15) is 30.9 Å². The lowest BCUT2D eigenvalue weighted by Gasteiger charge is -2.05. The first-order valence-corrected chi connectivity index (χ1v) is 5.76. The van der Waals surface area contributed by atoms with Crippen LogP contribution in [0.25, 0.3) is 0 Å². The van der Waals surface area contributed by atoms with Crippen LogP contribution in [-0.4, -0.2) is 5.11 Å². The molecule has 0 heterocycles. The lowest BCUT2D eigenvalue weighted by atomic mass is 10.1. The van der Waals surface area contributed by atoms with E-state index < -0.39 is 0 Å². The van der Waals surface area contributed by atoms with Gasteiger partial charge in [0.1, 0.15) is 5.75 Å². The summed E-state index contributed by atoms with van der Waals surface area (Å²) in [6.45, 7) is 2.16. The van der Waals surface area contributed by atoms with E-state index in [0.29, 0.717) is 5.75 Å². The largest absolute Gasteiger partial charge is 0.508 e. The zero-order valence-electron chi connectivity index (χ0n) is 7.89. The van der Waals surface area contributed by atoms with E-state index in [1.54, 1.807) is 6.07 Å². The third kappa shape index (κ3) is 3.03. The Hall–Kier alpha value is -0.500. The number of hydrogen-bond acceptors (Lipinski definition) is 1. The second kappa shape index (κ2) is 5.28. The summed E-state index contributed by atoms with van der Waals surface area (Å²) in [7, 11) is 0. The average molecular weight is 243 g/mol. The van der Waals surface area contributed by atoms with E-state index in [0.717, 1.165) is 30.2 Å². The van der Waals surface area contributed by atoms with Crippen molar-refractivity contribution in [3.05, 3.63) is 29.3 Å². The lowest BCUT2D eigenvalue weighted by Crippen LogP contribution is -1.88. The Morgan fingerprint density at radius 1 is 1.38 bits per heavy atom. The van der Waals surface area contributed by atoms with Crippen molar-refractivity contribution in [2.75, 3.05) is 0 Å². The van der Waals surface area contributed by atoms with Crippen molar-refractivity contribution in [2.24, 2.45) is 0 Å². The van der Waals surface area contributed by atoms with Gasteiger partial charge in [0.05, 0.1) is 0 Å². The molecule has 72 valence electrons. The summed E-state index contributed by atoms with van der Waals surface area (Å²) in [5.41, 5.74) is 2.29. The van der Waals surface area contributed by atoms with E-state index in [-0.39, 0.29) is 0 Å². The molecule has 0 aromatic heterocycles. The predicted molar refractivity (Wildman–Crippen MR) is 59.3 cm³/mol. The molecule has 0 bridgehead atoms. The third-order valence-electron chi connectivity index (χ3n) is 2.10. The minimum Gasteiger partial charge on any atom is -0.508 e. The Balaban J connectivity index is 2.78. The molecule has 1 N–H and O–H groups in total. The molecule has 0 aliphatic rings. The number of rotatable bonds is 4. The summed E-state index contributed by atoms with van der Waals surface area (Å²) in [5, 5.41) is 10.4. The van der Waals surface area contributed by atoms with Gasteiger partial charge in [0.15, 0.2) is 0 Å². The zero-order chi connectivity index (χ0) is 9.68. The van der Waals surface area contributed by atoms with Crippen molar-refractivity contribution in [3.8, 4) is 5.75 Å². The number of benzene rings is 1. The highest BCUT2D eigenvalue weighted by molar-refractivity contribution is 9.08. The van der Waals surface area contributed by atoms with Crippen molar-refractivity contribution in [2.45, 2.75) is 31.5 Å². The quantitative estimate of drug-likeness (QED) is 0.800. The van der Waals surface area contributed by atoms with E-state index in [1.807, 2.05) is 6.07 Å². The summed E-state index contributed by atoms with van der Waals surface area (Å²) in [5.74, 6) is 0.429. The van der Waals surface area contributed by atoms with Gasteiger partial charge in [0, 0.05) is 5.33 Å². The summed E-state index contributed by atoms with van der Waals surface area (Å²) in [6, 6.07) is 5.79. The number of hydrogen-bond donors (Lipinski definition) is 1. The molecule has 0 spiro atoms. The average Bonchev–Trinajstić information content (AvgIpc) is 2.17. The fourth-order valence-electron chi connectivity index (χ4n) is 1.29. The van der Waals surface area contributed by atoms with Gasteiger partial charge in [0.2, 0.25) is 0 Å². The van der Waals surface area contributed by atoms with Gasteiger partial charge in [-0.2, -0.15) is 0 Å². The van der Waals surface area contributed by atoms with Crippen molar-refractivity contribution in [1.82, 2.24) is 0 Å². The molecule has 0 radical (unpaired) electrons. The smallest absolute Gasteiger partial charge is 0.118 e. The van der Waals surface area contributed by atoms with Gasteiger partial charge in [-0.15, -0.1) is 0 Å². The van der Waals surface area contributed by atoms with E-state index in [9.17, 15) is 5.11 Å². The summed E-state index contributed by atoms with van der Waals surface area (Å²) < 4.78 is 0. The fraction of sp³-hybridized carbons (Fsp3) is 0.455. The van der Waals surface area contributed by atoms with Gasteiger partial charge in [0.25, 0.3) is 0 Å². The van der Waals surface area contributed by atoms with Gasteiger partial charge in [-0.05, 0) is 30.0 Å². The first-order valence-electron chi connectivity index (χ1n) is 4.64. The molecule has 0 saturated heterocycles. The molecular weight excluding hydrogens is 228 g/mol. The van der Waals surface area contributed by atoms with Crippen LogP contribution in [0.5, 0.6) is 5.75 Å². The number of halogens is 1. The van der Waals surface area contributed by atoms with E-state index in [1.165, 1.54) is 5.56 Å². The number of phenols is 1. The maximum atomic E-state index is 9.54. The summed E-state index contributed by atoms with van der Waals surface area (Å²) in [4.78, 5) is 0. The second-order valence-electron chi connectivity index (χ2n) is 3.20. The van der Waals surface area contributed by atoms with Crippen LogP contribution in [0.3, 0.4) is 0 Å². The molecule has 0 unspecified atom stereocenters. The van der Waals surface area contributed by atoms with Gasteiger partial charge < -0.3 is 5.11 Å². The molecule has 1 nitrogen and oxygen atoms in total. The second-order valence-corrected chi connectivity index (χ2v) is 3.76. The first-order chi connectivity index (χ1) is 6.27. The molecule has 1 aromatic carbocycles. The molecule has 0 amide bonds. The standard InChI is InChI=1S/C11H15BrO/c1-2-3-4-10-7-9(8-12)5-6-11(10)13/h5-7,13H,2-4,8H2,1H3. The first kappa shape index (κ1) is 10.6. The number of alkyl halides is 1. The molecule has 0 atom stereocenters. The maximum Gasteiger partial charge on any atom is 0.118 e. The summed E-state index contributed by atoms with van der Waals surface area (Å²) in [6.07, 6.45) is 3.28. The number of aromatic hydroxyl groups is 1. The molecular formula is C11H15BrO. The molecule has 1 aromatic rings. The van der Waals surface area contributed by atoms with Crippen LogP contribution in [0.2, 0.25) is 0 Å². The van der Waals surface area contributed by atoms with E-state index in [2.05, 4.69) is 28.9 Å². The molecule has 0 saturated carbocycles. The topological polar surface area (TPSA) is 20.2 Å². The van der Waals surface area contributed by atoms with Crippen LogP contribution < -0.4 is 0 Å². The number of aryl methyl sites for hydroxylation is 1. The van der Waals surface area contributed by atoms with Gasteiger partial charge >= 0.3 is 0 Å². The third-order valence-corrected chi connectivity index (χ3v) is 2.75. The highest BCUT2D eigenvalue weighted by atomic mass is 79.9. The van der Waals surface area contributed by atoms with Crippen LogP contribution in [0.15, 0.2) is 18.2 Å². The van der Waals surface area contributed by atoms with Gasteiger partial charge in [-0.3, -0.25) is 0 Å². The monoisotopic (exact) mass is 242 g/mol. The van der Waals surface area contributed by atoms with Crippen LogP contribution >= 0.6 is 15.9 Å². The van der Waals surface area contributed by atoms with E-state index in [4.69, 9.17) is 0 Å². The lowest BCUT2D eigenvalue weighted by molar-refractivity contribution is 0.466. The van der Waals surface area contributed by atoms with Crippen LogP contribution in [0.4, 0.5) is 0 Å². The molecule has 2 heteroatoms. The van der Waals surface area contributed by atoms with Crippen LogP contribution in [-0.2, 0) is 11.8 Å². The number of unbranched alkanes of at least 4 members (excludes halogenated alkanes) is 1. The van der Waals surface area contributed by atoms with Crippen molar-refractivity contribution in [1.29, 1.82) is 0 Å². The molecule has 13 heavy (non-hydrogen) atoms. The molecule has 0 aliphatic carbocycles. The van der Waals surface area contributed by atoms with Gasteiger partial charge in [-0.25, -0.2) is 0 Å². The molecule has 0 aliphatic heterocycles. The summed E-state index contributed by atoms with van der Waals surface area (Å²) >= 11 is 3.40. The van der Waals surface area contributed by atoms with E-state index >= 15 is 0 Å². The zero-order valence-corrected chi connectivity index (χ0v) is 9.47. The Bertz CT molecular complexity index is 271. The Labute approximate surface area is 87.9 Å². The minimum absolute atomic E-state index is 0.429. The molecule has 0 fully saturated rings. The highest BCUT2D eigenvalue weighted by Gasteiger charge is 2.01. The van der Waals surface area contributed by atoms with Crippen LogP contribution in [0, 0.1) is 0 Å². The Kier molecular flexibility index (Phi) is 4.29. The normalized spacial score (nSPS) is 10.3. The predicted octanol–water partition coefficient (Wildman–Crippen LogP) is 3.63. The van der Waals surface area contributed by atoms with Gasteiger partial charge in [-0.1, -0.05) is 41.4 Å². The molecule has 1 rings (SSSR count). The maximum absolute atomic E-state index is 9.54. The Morgan fingerprint density at radius 2 is 2.15 bits per heavy atom. The Morgan fingerprint density at radius 3 is 2.77 bits per heavy atom. The SMILES string of the molecule is CCCCc1cc(CBr)ccc1O. The highest BCUT2D eigenvalue weighted by Crippen LogP contribution is 2.21. The number of phenolic OH excluding ortho intramolecular Hbond substituents is 1. The van der Waals surface area contributed by atoms with Crippen molar-refractivity contribution in [3.63, 3.8) is 0 Å². The van der Waals surface area contributed by atoms with Crippen molar-refractivity contribution < 1.29 is 5.11 Å². The van der Waals surface area contributed by atoms with Crippen molar-refractivity contribution >= 4 is 15.9 Å². The fourth-order valence-corrected chi connectivity index (χ4v) is 1.64.